The van der Waals surface area contributed by atoms with Gasteiger partial charge in [0.25, 0.3) is 0 Å². The molecule has 0 heterocycles. The Morgan fingerprint density at radius 2 is 0.778 bits per heavy atom. The van der Waals surface area contributed by atoms with Gasteiger partial charge in [0.05, 0.1) is 22.5 Å². The maximum atomic E-state index is 2.62. The molecule has 0 radical (unpaired) electrons. The summed E-state index contributed by atoms with van der Waals surface area (Å²) in [6.45, 7) is 9.76. The van der Waals surface area contributed by atoms with Crippen LogP contribution in [0.3, 0.4) is 0 Å². The van der Waals surface area contributed by atoms with E-state index in [9.17, 15) is 0 Å². The summed E-state index contributed by atoms with van der Waals surface area (Å²) in [4.78, 5) is 2.59. The van der Waals surface area contributed by atoms with Gasteiger partial charge < -0.3 is 4.90 Å². The SMILES string of the molecule is CC1(C)CC(C)(C)c2cc3c(cc21)-c1cccc(N(c2ccccc2-c2ccccc2)c2ccc(-c4ccccc4)cc2-c2ccccc2)c1C3(c1ccccc1)c1ccccc1. The normalized spacial score (nSPS) is 15.0. The van der Waals surface area contributed by atoms with E-state index < -0.39 is 5.41 Å². The first kappa shape index (κ1) is 38.7. The van der Waals surface area contributed by atoms with Gasteiger partial charge in [0.2, 0.25) is 0 Å². The fraction of sp³-hybridized carbons (Fsp3) is 0.129. The van der Waals surface area contributed by atoms with Crippen LogP contribution < -0.4 is 4.90 Å². The van der Waals surface area contributed by atoms with Gasteiger partial charge in [-0.15, -0.1) is 0 Å². The van der Waals surface area contributed by atoms with Crippen molar-refractivity contribution in [3.8, 4) is 44.5 Å². The summed E-state index contributed by atoms with van der Waals surface area (Å²) in [5.41, 5.74) is 20.6. The van der Waals surface area contributed by atoms with Crippen LogP contribution in [0.15, 0.2) is 224 Å². The van der Waals surface area contributed by atoms with E-state index in [1.165, 1.54) is 77.9 Å². The van der Waals surface area contributed by atoms with Crippen molar-refractivity contribution < 1.29 is 0 Å². The van der Waals surface area contributed by atoms with Crippen LogP contribution in [0.2, 0.25) is 0 Å². The molecule has 0 amide bonds. The van der Waals surface area contributed by atoms with Crippen LogP contribution in [-0.2, 0) is 16.2 Å². The van der Waals surface area contributed by atoms with E-state index in [1.807, 2.05) is 0 Å². The minimum absolute atomic E-state index is 0.0241. The Morgan fingerprint density at radius 1 is 0.317 bits per heavy atom. The van der Waals surface area contributed by atoms with Crippen LogP contribution in [0.4, 0.5) is 17.1 Å². The molecule has 0 atom stereocenters. The smallest absolute Gasteiger partial charge is 0.0734 e. The van der Waals surface area contributed by atoms with Crippen molar-refractivity contribution in [3.63, 3.8) is 0 Å². The summed E-state index contributed by atoms with van der Waals surface area (Å²) in [5.74, 6) is 0. The summed E-state index contributed by atoms with van der Waals surface area (Å²) in [6.07, 6.45) is 1.11. The molecule has 0 unspecified atom stereocenters. The highest BCUT2D eigenvalue weighted by molar-refractivity contribution is 6.00. The summed E-state index contributed by atoms with van der Waals surface area (Å²) in [5, 5.41) is 0. The van der Waals surface area contributed by atoms with Crippen LogP contribution >= 0.6 is 0 Å². The third kappa shape index (κ3) is 6.21. The van der Waals surface area contributed by atoms with Crippen LogP contribution in [0.25, 0.3) is 44.5 Å². The van der Waals surface area contributed by atoms with Gasteiger partial charge in [-0.1, -0.05) is 222 Å². The summed E-state index contributed by atoms with van der Waals surface area (Å²) in [6, 6.07) is 83.5. The third-order valence-electron chi connectivity index (χ3n) is 13.9. The number of benzene rings is 9. The Kier molecular flexibility index (Phi) is 9.21. The maximum absolute atomic E-state index is 2.62. The summed E-state index contributed by atoms with van der Waals surface area (Å²) in [7, 11) is 0. The van der Waals surface area contributed by atoms with Gasteiger partial charge in [0.15, 0.2) is 0 Å². The molecule has 0 N–H and O–H groups in total. The largest absolute Gasteiger partial charge is 0.309 e. The highest BCUT2D eigenvalue weighted by atomic mass is 15.2. The number of hydrogen-bond acceptors (Lipinski definition) is 1. The van der Waals surface area contributed by atoms with E-state index >= 15 is 0 Å². The molecule has 0 fully saturated rings. The number of fused-ring (bicyclic) bond motifs is 4. The number of rotatable bonds is 8. The quantitative estimate of drug-likeness (QED) is 0.148. The predicted molar refractivity (Wildman–Crippen MR) is 265 cm³/mol. The minimum Gasteiger partial charge on any atom is -0.309 e. The molecule has 11 rings (SSSR count). The molecular formula is C62H51N. The molecule has 9 aromatic carbocycles. The Morgan fingerprint density at radius 3 is 1.38 bits per heavy atom. The lowest BCUT2D eigenvalue weighted by molar-refractivity contribution is 0.403. The second kappa shape index (κ2) is 15.0. The van der Waals surface area contributed by atoms with Gasteiger partial charge in [0, 0.05) is 16.7 Å². The first-order valence-corrected chi connectivity index (χ1v) is 22.4. The fourth-order valence-electron chi connectivity index (χ4n) is 11.5. The second-order valence-electron chi connectivity index (χ2n) is 18.8. The van der Waals surface area contributed by atoms with Crippen LogP contribution in [-0.4, -0.2) is 0 Å². The van der Waals surface area contributed by atoms with Crippen molar-refractivity contribution in [1.82, 2.24) is 0 Å². The van der Waals surface area contributed by atoms with Gasteiger partial charge >= 0.3 is 0 Å². The van der Waals surface area contributed by atoms with Crippen molar-refractivity contribution >= 4 is 17.1 Å². The lowest BCUT2D eigenvalue weighted by atomic mass is 9.66. The third-order valence-corrected chi connectivity index (χ3v) is 13.9. The highest BCUT2D eigenvalue weighted by Gasteiger charge is 2.51. The van der Waals surface area contributed by atoms with E-state index in [4.69, 9.17) is 0 Å². The van der Waals surface area contributed by atoms with Crippen LogP contribution in [0.1, 0.15) is 67.5 Å². The fourth-order valence-corrected chi connectivity index (χ4v) is 11.5. The number of hydrogen-bond donors (Lipinski definition) is 0. The molecule has 9 aromatic rings. The zero-order chi connectivity index (χ0) is 42.8. The lowest BCUT2D eigenvalue weighted by Gasteiger charge is -2.39. The molecule has 0 bridgehead atoms. The van der Waals surface area contributed by atoms with Gasteiger partial charge in [-0.3, -0.25) is 0 Å². The Balaban J connectivity index is 1.30. The zero-order valence-electron chi connectivity index (χ0n) is 36.5. The molecule has 0 aliphatic heterocycles. The number of nitrogens with zero attached hydrogens (tertiary/aromatic N) is 1. The van der Waals surface area contributed by atoms with E-state index in [-0.39, 0.29) is 10.8 Å². The first-order valence-electron chi connectivity index (χ1n) is 22.4. The molecule has 0 saturated carbocycles. The molecular weight excluding hydrogens is 759 g/mol. The predicted octanol–water partition coefficient (Wildman–Crippen LogP) is 16.5. The molecule has 2 aliphatic rings. The number of anilines is 3. The molecule has 1 heteroatoms. The highest BCUT2D eigenvalue weighted by Crippen LogP contribution is 2.63. The van der Waals surface area contributed by atoms with Gasteiger partial charge in [0.1, 0.15) is 0 Å². The lowest BCUT2D eigenvalue weighted by Crippen LogP contribution is -2.31. The molecule has 63 heavy (non-hydrogen) atoms. The Bertz CT molecular complexity index is 3070. The monoisotopic (exact) mass is 809 g/mol. The molecule has 0 spiro atoms. The van der Waals surface area contributed by atoms with Gasteiger partial charge in [-0.25, -0.2) is 0 Å². The van der Waals surface area contributed by atoms with E-state index in [2.05, 4.69) is 257 Å². The molecule has 0 saturated heterocycles. The zero-order valence-corrected chi connectivity index (χ0v) is 36.5. The molecule has 304 valence electrons. The van der Waals surface area contributed by atoms with E-state index in [1.54, 1.807) is 0 Å². The standard InChI is InChI=1S/C62H51N/c1-60(2)42-61(3,4)55-41-53-52(40-54(55)60)50-34-22-36-58(59(50)62(53,47-29-16-8-17-30-47)48-31-18-9-19-32-48)63(56-35-21-20-33-49(56)44-25-12-6-13-26-44)57-38-37-46(43-23-10-5-11-24-43)39-51(57)45-27-14-7-15-28-45/h5-41H,42H2,1-4H3. The average Bonchev–Trinajstić information content (AvgIpc) is 3.73. The maximum Gasteiger partial charge on any atom is 0.0734 e. The van der Waals surface area contributed by atoms with Crippen LogP contribution in [0, 0.1) is 0 Å². The van der Waals surface area contributed by atoms with Crippen molar-refractivity contribution in [3.05, 3.63) is 258 Å². The van der Waals surface area contributed by atoms with Crippen LogP contribution in [0.5, 0.6) is 0 Å². The van der Waals surface area contributed by atoms with E-state index in [0.29, 0.717) is 0 Å². The molecule has 2 aliphatic carbocycles. The summed E-state index contributed by atoms with van der Waals surface area (Å²) < 4.78 is 0. The first-order chi connectivity index (χ1) is 30.8. The van der Waals surface area contributed by atoms with Crippen molar-refractivity contribution in [2.24, 2.45) is 0 Å². The van der Waals surface area contributed by atoms with Gasteiger partial charge in [-0.05, 0) is 109 Å². The Labute approximate surface area is 373 Å². The van der Waals surface area contributed by atoms with Crippen molar-refractivity contribution in [1.29, 1.82) is 0 Å². The molecule has 1 nitrogen and oxygen atoms in total. The Hall–Kier alpha value is -7.22. The van der Waals surface area contributed by atoms with Crippen molar-refractivity contribution in [2.45, 2.75) is 50.4 Å². The molecule has 0 aromatic heterocycles. The second-order valence-corrected chi connectivity index (χ2v) is 18.8. The topological polar surface area (TPSA) is 3.24 Å². The van der Waals surface area contributed by atoms with E-state index in [0.717, 1.165) is 23.5 Å². The minimum atomic E-state index is -0.640. The number of para-hydroxylation sites is 1. The average molecular weight is 810 g/mol. The van der Waals surface area contributed by atoms with Gasteiger partial charge in [-0.2, -0.15) is 0 Å². The summed E-state index contributed by atoms with van der Waals surface area (Å²) >= 11 is 0. The van der Waals surface area contributed by atoms with Crippen molar-refractivity contribution in [2.75, 3.05) is 4.90 Å².